The van der Waals surface area contributed by atoms with Crippen molar-refractivity contribution in [3.8, 4) is 0 Å². The second kappa shape index (κ2) is 14.3. The standard InChI is InChI=1S/C23H46N4O11/c1-30-17-11(7-24)35-23(21(34-5)20(17)33-4)38-16-10(26)6-9(25)15(19(16)32-3)37-22-18(31-2)13(27)14(29)12(8-28)36-22/h9-23,28-29H,6-8,24-27H2,1-5H3/t9-,10?,11?,12?,13?,14-,15?,16-,17-,18?,19?,20?,21?,22-,23-/m1/s1. The summed E-state index contributed by atoms with van der Waals surface area (Å²) in [5, 5.41) is 20.0. The van der Waals surface area contributed by atoms with Crippen molar-refractivity contribution in [1.82, 2.24) is 0 Å². The van der Waals surface area contributed by atoms with E-state index in [1.807, 2.05) is 0 Å². The van der Waals surface area contributed by atoms with Crippen LogP contribution < -0.4 is 22.9 Å². The van der Waals surface area contributed by atoms with Crippen LogP contribution in [0, 0.1) is 0 Å². The summed E-state index contributed by atoms with van der Waals surface area (Å²) < 4.78 is 52.8. The maximum absolute atomic E-state index is 10.4. The van der Waals surface area contributed by atoms with E-state index in [1.54, 1.807) is 14.2 Å². The van der Waals surface area contributed by atoms with Crippen LogP contribution in [0.15, 0.2) is 0 Å². The molecule has 3 aliphatic rings. The van der Waals surface area contributed by atoms with Crippen LogP contribution in [0.5, 0.6) is 0 Å². The molecule has 0 aromatic rings. The molecule has 15 nitrogen and oxygen atoms in total. The highest BCUT2D eigenvalue weighted by Gasteiger charge is 2.53. The Morgan fingerprint density at radius 3 is 1.55 bits per heavy atom. The van der Waals surface area contributed by atoms with Crippen LogP contribution in [0.3, 0.4) is 0 Å². The van der Waals surface area contributed by atoms with Crippen molar-refractivity contribution in [1.29, 1.82) is 0 Å². The Labute approximate surface area is 223 Å². The Morgan fingerprint density at radius 1 is 0.658 bits per heavy atom. The topological polar surface area (TPSA) is 228 Å². The molecule has 3 fully saturated rings. The molecule has 1 saturated carbocycles. The van der Waals surface area contributed by atoms with Gasteiger partial charge in [0.05, 0.1) is 12.6 Å². The number of aliphatic hydroxyl groups is 2. The molecule has 0 aromatic heterocycles. The lowest BCUT2D eigenvalue weighted by Gasteiger charge is -2.50. The molecule has 2 heterocycles. The van der Waals surface area contributed by atoms with Crippen molar-refractivity contribution < 1.29 is 52.8 Å². The Hall–Kier alpha value is -0.600. The third kappa shape index (κ3) is 6.32. The van der Waals surface area contributed by atoms with Crippen molar-refractivity contribution >= 4 is 0 Å². The monoisotopic (exact) mass is 554 g/mol. The largest absolute Gasteiger partial charge is 0.394 e. The van der Waals surface area contributed by atoms with Gasteiger partial charge in [0, 0.05) is 54.2 Å². The minimum absolute atomic E-state index is 0.158. The van der Waals surface area contributed by atoms with Crippen molar-refractivity contribution in [3.05, 3.63) is 0 Å². The molecule has 2 aliphatic heterocycles. The quantitative estimate of drug-likeness (QED) is 0.143. The van der Waals surface area contributed by atoms with Crippen LogP contribution >= 0.6 is 0 Å². The first-order valence-electron chi connectivity index (χ1n) is 12.7. The predicted molar refractivity (Wildman–Crippen MR) is 132 cm³/mol. The smallest absolute Gasteiger partial charge is 0.187 e. The van der Waals surface area contributed by atoms with E-state index in [4.69, 9.17) is 65.6 Å². The Kier molecular flexibility index (Phi) is 12.0. The fourth-order valence-corrected chi connectivity index (χ4v) is 5.65. The molecule has 0 aromatic carbocycles. The molecule has 2 saturated heterocycles. The SMILES string of the molecule is COC1C(N)[C@H](O)C(CO)O[C@@H]1OC1C(OC)[C@H](O[C@H]2OC(CN)[C@@H](OC)C(OC)C2OC)C(N)C[C@H]1N. The van der Waals surface area contributed by atoms with E-state index in [0.29, 0.717) is 6.42 Å². The number of ether oxygens (including phenoxy) is 9. The van der Waals surface area contributed by atoms with Gasteiger partial charge >= 0.3 is 0 Å². The highest BCUT2D eigenvalue weighted by Crippen LogP contribution is 2.34. The summed E-state index contributed by atoms with van der Waals surface area (Å²) in [6, 6.07) is -2.00. The van der Waals surface area contributed by atoms with Gasteiger partial charge in [-0.2, -0.15) is 0 Å². The van der Waals surface area contributed by atoms with E-state index in [-0.39, 0.29) is 6.54 Å². The predicted octanol–water partition coefficient (Wildman–Crippen LogP) is -4.02. The molecule has 10 N–H and O–H groups in total. The minimum atomic E-state index is -1.15. The van der Waals surface area contributed by atoms with E-state index in [0.717, 1.165) is 0 Å². The van der Waals surface area contributed by atoms with Gasteiger partial charge < -0.3 is 75.8 Å². The van der Waals surface area contributed by atoms with Gasteiger partial charge in [0.25, 0.3) is 0 Å². The van der Waals surface area contributed by atoms with E-state index < -0.39 is 98.4 Å². The van der Waals surface area contributed by atoms with Gasteiger partial charge in [-0.25, -0.2) is 0 Å². The second-order valence-electron chi connectivity index (χ2n) is 9.84. The van der Waals surface area contributed by atoms with Crippen molar-refractivity contribution in [2.24, 2.45) is 22.9 Å². The number of rotatable bonds is 11. The zero-order valence-corrected chi connectivity index (χ0v) is 22.7. The van der Waals surface area contributed by atoms with Gasteiger partial charge in [0.15, 0.2) is 12.6 Å². The first kappa shape index (κ1) is 31.9. The van der Waals surface area contributed by atoms with E-state index in [9.17, 15) is 10.2 Å². The fraction of sp³-hybridized carbons (Fsp3) is 1.00. The summed E-state index contributed by atoms with van der Waals surface area (Å²) in [6.07, 6.45) is -9.15. The Morgan fingerprint density at radius 2 is 1.11 bits per heavy atom. The molecule has 38 heavy (non-hydrogen) atoms. The number of nitrogens with two attached hydrogens (primary N) is 4. The molecular formula is C23H46N4O11. The van der Waals surface area contributed by atoms with Crippen LogP contribution in [-0.2, 0) is 42.6 Å². The number of hydrogen-bond donors (Lipinski definition) is 6. The molecule has 0 radical (unpaired) electrons. The zero-order chi connectivity index (χ0) is 28.1. The van der Waals surface area contributed by atoms with Crippen LogP contribution in [0.4, 0.5) is 0 Å². The lowest BCUT2D eigenvalue weighted by molar-refractivity contribution is -0.339. The van der Waals surface area contributed by atoms with Crippen molar-refractivity contribution in [2.75, 3.05) is 48.7 Å². The van der Waals surface area contributed by atoms with Gasteiger partial charge in [0.2, 0.25) is 0 Å². The summed E-state index contributed by atoms with van der Waals surface area (Å²) >= 11 is 0. The van der Waals surface area contributed by atoms with Gasteiger partial charge in [0.1, 0.15) is 61.0 Å². The first-order valence-corrected chi connectivity index (χ1v) is 12.7. The molecule has 3 rings (SSSR count). The normalized spacial score (nSPS) is 48.2. The van der Waals surface area contributed by atoms with Gasteiger partial charge in [-0.05, 0) is 6.42 Å². The minimum Gasteiger partial charge on any atom is -0.394 e. The third-order valence-corrected chi connectivity index (χ3v) is 7.71. The summed E-state index contributed by atoms with van der Waals surface area (Å²) in [5.74, 6) is 0. The molecule has 9 unspecified atom stereocenters. The van der Waals surface area contributed by atoms with Crippen LogP contribution in [0.2, 0.25) is 0 Å². The van der Waals surface area contributed by atoms with E-state index in [1.165, 1.54) is 21.3 Å². The van der Waals surface area contributed by atoms with Crippen LogP contribution in [0.25, 0.3) is 0 Å². The van der Waals surface area contributed by atoms with Gasteiger partial charge in [-0.3, -0.25) is 0 Å². The highest BCUT2D eigenvalue weighted by molar-refractivity contribution is 5.02. The lowest BCUT2D eigenvalue weighted by atomic mass is 9.84. The maximum atomic E-state index is 10.4. The summed E-state index contributed by atoms with van der Waals surface area (Å²) in [7, 11) is 7.52. The highest BCUT2D eigenvalue weighted by atomic mass is 16.7. The lowest BCUT2D eigenvalue weighted by Crippen LogP contribution is -2.69. The van der Waals surface area contributed by atoms with E-state index in [2.05, 4.69) is 0 Å². The summed E-state index contributed by atoms with van der Waals surface area (Å²) in [4.78, 5) is 0. The van der Waals surface area contributed by atoms with E-state index >= 15 is 0 Å². The summed E-state index contributed by atoms with van der Waals surface area (Å²) in [5.41, 5.74) is 25.1. The van der Waals surface area contributed by atoms with Crippen molar-refractivity contribution in [3.63, 3.8) is 0 Å². The molecule has 0 bridgehead atoms. The molecular weight excluding hydrogens is 508 g/mol. The first-order chi connectivity index (χ1) is 18.2. The van der Waals surface area contributed by atoms with Crippen molar-refractivity contribution in [2.45, 2.75) is 98.2 Å². The molecule has 1 aliphatic carbocycles. The number of methoxy groups -OCH3 is 5. The number of aliphatic hydroxyl groups excluding tert-OH is 2. The third-order valence-electron chi connectivity index (χ3n) is 7.71. The zero-order valence-electron chi connectivity index (χ0n) is 22.7. The fourth-order valence-electron chi connectivity index (χ4n) is 5.65. The molecule has 0 amide bonds. The molecule has 224 valence electrons. The summed E-state index contributed by atoms with van der Waals surface area (Å²) in [6.45, 7) is -0.305. The number of hydrogen-bond acceptors (Lipinski definition) is 15. The average Bonchev–Trinajstić information content (AvgIpc) is 2.92. The average molecular weight is 555 g/mol. The molecule has 15 atom stereocenters. The maximum Gasteiger partial charge on any atom is 0.187 e. The molecule has 15 heteroatoms. The van der Waals surface area contributed by atoms with Crippen LogP contribution in [0.1, 0.15) is 6.42 Å². The Bertz CT molecular complexity index is 714. The van der Waals surface area contributed by atoms with Gasteiger partial charge in [-0.15, -0.1) is 0 Å². The second-order valence-corrected chi connectivity index (χ2v) is 9.84. The molecule has 0 spiro atoms. The Balaban J connectivity index is 1.83. The van der Waals surface area contributed by atoms with Crippen LogP contribution in [-0.4, -0.2) is 151 Å². The van der Waals surface area contributed by atoms with Gasteiger partial charge in [-0.1, -0.05) is 0 Å².